The van der Waals surface area contributed by atoms with Gasteiger partial charge in [0, 0.05) is 19.5 Å². The number of carbonyl (C=O) groups is 4. The van der Waals surface area contributed by atoms with Crippen molar-refractivity contribution < 1.29 is 23.9 Å². The van der Waals surface area contributed by atoms with E-state index in [0.29, 0.717) is 25.1 Å². The number of nitrogens with one attached hydrogen (secondary N) is 2. The molecular weight excluding hydrogens is 532 g/mol. The van der Waals surface area contributed by atoms with Gasteiger partial charge in [0.05, 0.1) is 0 Å². The number of hydrogen-bond acceptors (Lipinski definition) is 5. The number of rotatable bonds is 16. The maximum Gasteiger partial charge on any atom is 0.408 e. The summed E-state index contributed by atoms with van der Waals surface area (Å²) in [5.74, 6) is -1.41. The minimum Gasteiger partial charge on any atom is -0.444 e. The Labute approximate surface area is 250 Å². The molecule has 0 bridgehead atoms. The zero-order valence-electron chi connectivity index (χ0n) is 25.8. The zero-order valence-corrected chi connectivity index (χ0v) is 25.8. The van der Waals surface area contributed by atoms with E-state index >= 15 is 0 Å². The Bertz CT molecular complexity index is 1160. The molecule has 42 heavy (non-hydrogen) atoms. The molecule has 0 radical (unpaired) electrons. The number of ether oxygens (including phenoxy) is 1. The highest BCUT2D eigenvalue weighted by molar-refractivity contribution is 5.92. The summed E-state index contributed by atoms with van der Waals surface area (Å²) in [6.07, 6.45) is 3.80. The molecule has 0 aliphatic rings. The van der Waals surface area contributed by atoms with Crippen LogP contribution in [0, 0.1) is 6.92 Å². The van der Waals surface area contributed by atoms with Gasteiger partial charge in [-0.3, -0.25) is 14.4 Å². The van der Waals surface area contributed by atoms with Crippen molar-refractivity contribution in [2.75, 3.05) is 6.54 Å². The Balaban J connectivity index is 2.48. The van der Waals surface area contributed by atoms with Gasteiger partial charge in [-0.15, -0.1) is 0 Å². The standard InChI is InChI=1S/C33H48N4O5/c1-6-7-8-9-13-21-37(31(40)27(19-20-28(34)38)36-32(41)42-33(3,4)5)29(26-18-14-15-24(2)22-26)30(39)35-23-25-16-11-10-12-17-25/h10-12,14-18,22,27,29H,6-9,13,19-21,23H2,1-5H3,(H2,34,38)(H,35,39)(H,36,41). The van der Waals surface area contributed by atoms with Crippen molar-refractivity contribution in [1.29, 1.82) is 0 Å². The molecular formula is C33H48N4O5. The summed E-state index contributed by atoms with van der Waals surface area (Å²) in [6.45, 7) is 9.82. The van der Waals surface area contributed by atoms with Gasteiger partial charge in [0.1, 0.15) is 17.7 Å². The number of nitrogens with zero attached hydrogens (tertiary/aromatic N) is 1. The van der Waals surface area contributed by atoms with E-state index in [0.717, 1.165) is 36.8 Å². The number of carbonyl (C=O) groups excluding carboxylic acids is 4. The molecule has 0 fully saturated rings. The quantitative estimate of drug-likeness (QED) is 0.232. The number of alkyl carbamates (subject to hydrolysis) is 1. The Morgan fingerprint density at radius 2 is 1.64 bits per heavy atom. The van der Waals surface area contributed by atoms with Gasteiger partial charge in [-0.2, -0.15) is 0 Å². The molecule has 4 N–H and O–H groups in total. The number of unbranched alkanes of at least 4 members (excludes halogenated alkanes) is 4. The third kappa shape index (κ3) is 12.3. The van der Waals surface area contributed by atoms with Gasteiger partial charge in [-0.25, -0.2) is 4.79 Å². The van der Waals surface area contributed by atoms with Crippen LogP contribution in [0.2, 0.25) is 0 Å². The monoisotopic (exact) mass is 580 g/mol. The van der Waals surface area contributed by atoms with Crippen molar-refractivity contribution in [3.8, 4) is 0 Å². The summed E-state index contributed by atoms with van der Waals surface area (Å²) in [5, 5.41) is 5.65. The Morgan fingerprint density at radius 3 is 2.26 bits per heavy atom. The maximum absolute atomic E-state index is 14.3. The molecule has 9 heteroatoms. The molecule has 0 heterocycles. The van der Waals surface area contributed by atoms with E-state index in [1.54, 1.807) is 20.8 Å². The van der Waals surface area contributed by atoms with Crippen LogP contribution in [0.25, 0.3) is 0 Å². The van der Waals surface area contributed by atoms with Crippen LogP contribution in [-0.4, -0.2) is 46.9 Å². The van der Waals surface area contributed by atoms with Crippen LogP contribution in [-0.2, 0) is 25.7 Å². The fourth-order valence-corrected chi connectivity index (χ4v) is 4.64. The highest BCUT2D eigenvalue weighted by Gasteiger charge is 2.36. The predicted molar refractivity (Wildman–Crippen MR) is 164 cm³/mol. The molecule has 2 aromatic carbocycles. The van der Waals surface area contributed by atoms with Crippen molar-refractivity contribution in [3.05, 3.63) is 71.3 Å². The van der Waals surface area contributed by atoms with Crippen LogP contribution >= 0.6 is 0 Å². The topological polar surface area (TPSA) is 131 Å². The first-order valence-corrected chi connectivity index (χ1v) is 14.9. The fraction of sp³-hybridized carbons (Fsp3) is 0.515. The van der Waals surface area contributed by atoms with Gasteiger partial charge >= 0.3 is 6.09 Å². The average Bonchev–Trinajstić information content (AvgIpc) is 2.92. The second kappa shape index (κ2) is 17.2. The minimum absolute atomic E-state index is 0.0219. The molecule has 0 aliphatic heterocycles. The summed E-state index contributed by atoms with van der Waals surface area (Å²) >= 11 is 0. The largest absolute Gasteiger partial charge is 0.444 e. The molecule has 2 atom stereocenters. The minimum atomic E-state index is -1.11. The Kier molecular flexibility index (Phi) is 14.0. The number of hydrogen-bond donors (Lipinski definition) is 3. The highest BCUT2D eigenvalue weighted by Crippen LogP contribution is 2.25. The normalized spacial score (nSPS) is 12.6. The first-order chi connectivity index (χ1) is 19.9. The number of benzene rings is 2. The van der Waals surface area contributed by atoms with E-state index in [1.807, 2.05) is 61.5 Å². The Hall–Kier alpha value is -3.88. The van der Waals surface area contributed by atoms with Gasteiger partial charge in [0.2, 0.25) is 17.7 Å². The maximum atomic E-state index is 14.3. The molecule has 0 aromatic heterocycles. The summed E-state index contributed by atoms with van der Waals surface area (Å²) in [5.41, 5.74) is 7.16. The smallest absolute Gasteiger partial charge is 0.408 e. The van der Waals surface area contributed by atoms with Crippen molar-refractivity contribution >= 4 is 23.8 Å². The molecule has 9 nitrogen and oxygen atoms in total. The van der Waals surface area contributed by atoms with Crippen molar-refractivity contribution in [2.45, 2.75) is 104 Å². The third-order valence-electron chi connectivity index (χ3n) is 6.68. The lowest BCUT2D eigenvalue weighted by atomic mass is 9.99. The second-order valence-electron chi connectivity index (χ2n) is 11.7. The number of amides is 4. The van der Waals surface area contributed by atoms with Crippen LogP contribution in [0.1, 0.15) is 95.4 Å². The van der Waals surface area contributed by atoms with E-state index < -0.39 is 35.6 Å². The Morgan fingerprint density at radius 1 is 0.952 bits per heavy atom. The highest BCUT2D eigenvalue weighted by atomic mass is 16.6. The van der Waals surface area contributed by atoms with E-state index in [4.69, 9.17) is 10.5 Å². The first kappa shape index (κ1) is 34.3. The summed E-state index contributed by atoms with van der Waals surface area (Å²) in [6, 6.07) is 15.0. The van der Waals surface area contributed by atoms with Gasteiger partial charge in [0.15, 0.2) is 0 Å². The molecule has 0 aliphatic carbocycles. The number of aryl methyl sites for hydroxylation is 1. The third-order valence-corrected chi connectivity index (χ3v) is 6.68. The zero-order chi connectivity index (χ0) is 31.1. The average molecular weight is 581 g/mol. The summed E-state index contributed by atoms with van der Waals surface area (Å²) in [4.78, 5) is 54.2. The number of primary amides is 1. The summed E-state index contributed by atoms with van der Waals surface area (Å²) < 4.78 is 5.41. The van der Waals surface area contributed by atoms with E-state index in [9.17, 15) is 19.2 Å². The molecule has 2 aromatic rings. The van der Waals surface area contributed by atoms with Gasteiger partial charge in [-0.1, -0.05) is 92.8 Å². The van der Waals surface area contributed by atoms with Crippen molar-refractivity contribution in [1.82, 2.24) is 15.5 Å². The van der Waals surface area contributed by atoms with Crippen molar-refractivity contribution in [3.63, 3.8) is 0 Å². The number of nitrogens with two attached hydrogens (primary N) is 1. The lowest BCUT2D eigenvalue weighted by Crippen LogP contribution is -2.53. The predicted octanol–water partition coefficient (Wildman–Crippen LogP) is 5.31. The van der Waals surface area contributed by atoms with Crippen LogP contribution < -0.4 is 16.4 Å². The molecule has 2 unspecified atom stereocenters. The van der Waals surface area contributed by atoms with Crippen LogP contribution in [0.15, 0.2) is 54.6 Å². The molecule has 0 saturated heterocycles. The molecule has 0 saturated carbocycles. The van der Waals surface area contributed by atoms with Crippen LogP contribution in [0.5, 0.6) is 0 Å². The van der Waals surface area contributed by atoms with Crippen LogP contribution in [0.3, 0.4) is 0 Å². The molecule has 2 rings (SSSR count). The van der Waals surface area contributed by atoms with E-state index in [1.165, 1.54) is 4.90 Å². The molecule has 0 spiro atoms. The van der Waals surface area contributed by atoms with Crippen LogP contribution in [0.4, 0.5) is 4.79 Å². The van der Waals surface area contributed by atoms with Gasteiger partial charge in [-0.05, 0) is 51.7 Å². The second-order valence-corrected chi connectivity index (χ2v) is 11.7. The first-order valence-electron chi connectivity index (χ1n) is 14.9. The lowest BCUT2D eigenvalue weighted by molar-refractivity contribution is -0.143. The van der Waals surface area contributed by atoms with Crippen molar-refractivity contribution in [2.24, 2.45) is 5.73 Å². The summed E-state index contributed by atoms with van der Waals surface area (Å²) in [7, 11) is 0. The van der Waals surface area contributed by atoms with Gasteiger partial charge in [0.25, 0.3) is 0 Å². The van der Waals surface area contributed by atoms with E-state index in [-0.39, 0.29) is 18.7 Å². The van der Waals surface area contributed by atoms with E-state index in [2.05, 4.69) is 17.6 Å². The van der Waals surface area contributed by atoms with Gasteiger partial charge < -0.3 is 26.0 Å². The molecule has 4 amide bonds. The lowest BCUT2D eigenvalue weighted by Gasteiger charge is -2.34. The fourth-order valence-electron chi connectivity index (χ4n) is 4.64. The SMILES string of the molecule is CCCCCCCN(C(=O)C(CCC(N)=O)NC(=O)OC(C)(C)C)C(C(=O)NCc1ccccc1)c1cccc(C)c1. The molecule has 230 valence electrons.